The molecule has 0 saturated carbocycles. The fourth-order valence-electron chi connectivity index (χ4n) is 2.81. The summed E-state index contributed by atoms with van der Waals surface area (Å²) in [5, 5.41) is 6.65. The maximum Gasteiger partial charge on any atom is 0.229 e. The molecule has 1 atom stereocenters. The number of rotatable bonds is 11. The number of sulfonamides is 1. The Morgan fingerprint density at radius 2 is 1.89 bits per heavy atom. The Morgan fingerprint density at radius 3 is 2.48 bits per heavy atom. The minimum atomic E-state index is -3.31. The lowest BCUT2D eigenvalue weighted by Gasteiger charge is -2.21. The van der Waals surface area contributed by atoms with Crippen LogP contribution < -0.4 is 15.4 Å². The summed E-state index contributed by atoms with van der Waals surface area (Å²) in [5.41, 5.74) is 1.44. The molecule has 7 nitrogen and oxygen atoms in total. The molecule has 8 heteroatoms. The predicted octanol–water partition coefficient (Wildman–Crippen LogP) is 2.23. The molecule has 0 heterocycles. The van der Waals surface area contributed by atoms with E-state index in [0.717, 1.165) is 44.3 Å². The monoisotopic (exact) mass is 397 g/mol. The first kappa shape index (κ1) is 23.2. The van der Waals surface area contributed by atoms with E-state index >= 15 is 0 Å². The smallest absolute Gasteiger partial charge is 0.229 e. The molecule has 0 fully saturated rings. The van der Waals surface area contributed by atoms with Gasteiger partial charge in [-0.1, -0.05) is 32.0 Å². The molecular formula is C19H35N5O2S. The predicted molar refractivity (Wildman–Crippen MR) is 115 cm³/mol. The van der Waals surface area contributed by atoms with Gasteiger partial charge in [0.25, 0.3) is 0 Å². The molecule has 0 aliphatic heterocycles. The van der Waals surface area contributed by atoms with Gasteiger partial charge >= 0.3 is 0 Å². The van der Waals surface area contributed by atoms with Crippen molar-refractivity contribution in [1.82, 2.24) is 15.5 Å². The van der Waals surface area contributed by atoms with Gasteiger partial charge in [0, 0.05) is 19.6 Å². The molecule has 1 aromatic rings. The molecule has 0 aliphatic carbocycles. The van der Waals surface area contributed by atoms with Gasteiger partial charge in [-0.3, -0.25) is 9.71 Å². The molecule has 0 aliphatic rings. The Hall–Kier alpha value is -1.80. The number of nitrogens with one attached hydrogen (secondary N) is 3. The van der Waals surface area contributed by atoms with Crippen LogP contribution in [-0.2, 0) is 16.6 Å². The lowest BCUT2D eigenvalue weighted by Crippen LogP contribution is -2.42. The van der Waals surface area contributed by atoms with E-state index in [1.807, 2.05) is 18.2 Å². The molecule has 154 valence electrons. The highest BCUT2D eigenvalue weighted by molar-refractivity contribution is 7.92. The van der Waals surface area contributed by atoms with Crippen molar-refractivity contribution in [3.05, 3.63) is 29.8 Å². The Bertz CT molecular complexity index is 687. The summed E-state index contributed by atoms with van der Waals surface area (Å²) in [6.45, 7) is 10.3. The third kappa shape index (κ3) is 9.63. The van der Waals surface area contributed by atoms with Gasteiger partial charge in [-0.25, -0.2) is 8.42 Å². The highest BCUT2D eigenvalue weighted by atomic mass is 32.2. The van der Waals surface area contributed by atoms with Crippen LogP contribution in [0.25, 0.3) is 0 Å². The average Bonchev–Trinajstić information content (AvgIpc) is 2.62. The number of aliphatic imine (C=N–C) groups is 1. The number of hydrogen-bond acceptors (Lipinski definition) is 4. The van der Waals surface area contributed by atoms with Gasteiger partial charge in [-0.05, 0) is 51.0 Å². The summed E-state index contributed by atoms with van der Waals surface area (Å²) in [6, 6.07) is 7.64. The Labute approximate surface area is 164 Å². The van der Waals surface area contributed by atoms with Crippen LogP contribution in [0.4, 0.5) is 5.69 Å². The summed E-state index contributed by atoms with van der Waals surface area (Å²) in [4.78, 5) is 6.69. The molecule has 1 rings (SSSR count). The minimum Gasteiger partial charge on any atom is -0.354 e. The zero-order valence-electron chi connectivity index (χ0n) is 17.2. The molecule has 1 unspecified atom stereocenters. The molecule has 0 saturated heterocycles. The van der Waals surface area contributed by atoms with Crippen LogP contribution in [0.3, 0.4) is 0 Å². The van der Waals surface area contributed by atoms with Gasteiger partial charge in [-0.15, -0.1) is 0 Å². The Morgan fingerprint density at radius 1 is 1.22 bits per heavy atom. The van der Waals surface area contributed by atoms with Crippen molar-refractivity contribution >= 4 is 21.7 Å². The summed E-state index contributed by atoms with van der Waals surface area (Å²) < 4.78 is 25.6. The van der Waals surface area contributed by atoms with Crippen molar-refractivity contribution in [2.75, 3.05) is 37.7 Å². The van der Waals surface area contributed by atoms with Gasteiger partial charge in [0.05, 0.1) is 11.9 Å². The van der Waals surface area contributed by atoms with Crippen LogP contribution in [0.15, 0.2) is 29.3 Å². The van der Waals surface area contributed by atoms with E-state index in [-0.39, 0.29) is 0 Å². The van der Waals surface area contributed by atoms with Gasteiger partial charge in [0.15, 0.2) is 5.96 Å². The quantitative estimate of drug-likeness (QED) is 0.394. The van der Waals surface area contributed by atoms with E-state index in [4.69, 9.17) is 0 Å². The number of hydrogen-bond donors (Lipinski definition) is 3. The maximum atomic E-state index is 11.5. The number of benzene rings is 1. The first-order valence-electron chi connectivity index (χ1n) is 9.54. The standard InChI is InChI=1S/C19H35N5O2S/c1-6-24(7-2)14-10-11-16(3)22-19(20-4)21-15-17-12-8-9-13-18(17)23-27(5,25)26/h8-9,12-13,16,23H,6-7,10-11,14-15H2,1-5H3,(H2,20,21,22). The van der Waals surface area contributed by atoms with Crippen molar-refractivity contribution < 1.29 is 8.42 Å². The zero-order chi connectivity index (χ0) is 20.3. The number of para-hydroxylation sites is 1. The van der Waals surface area contributed by atoms with Crippen LogP contribution in [0.5, 0.6) is 0 Å². The summed E-state index contributed by atoms with van der Waals surface area (Å²) in [6.07, 6.45) is 3.34. The van der Waals surface area contributed by atoms with Crippen LogP contribution >= 0.6 is 0 Å². The molecule has 0 amide bonds. The van der Waals surface area contributed by atoms with E-state index in [2.05, 4.69) is 46.0 Å². The second-order valence-corrected chi connectivity index (χ2v) is 8.42. The van der Waals surface area contributed by atoms with Gasteiger partial charge in [-0.2, -0.15) is 0 Å². The number of anilines is 1. The second-order valence-electron chi connectivity index (χ2n) is 6.67. The highest BCUT2D eigenvalue weighted by Crippen LogP contribution is 2.15. The lowest BCUT2D eigenvalue weighted by molar-refractivity contribution is 0.292. The molecule has 1 aromatic carbocycles. The van der Waals surface area contributed by atoms with Crippen LogP contribution in [-0.4, -0.2) is 58.3 Å². The maximum absolute atomic E-state index is 11.5. The van der Waals surface area contributed by atoms with Crippen molar-refractivity contribution in [1.29, 1.82) is 0 Å². The van der Waals surface area contributed by atoms with Crippen LogP contribution in [0, 0.1) is 0 Å². The third-order valence-corrected chi connectivity index (χ3v) is 4.96. The molecule has 0 bridgehead atoms. The largest absolute Gasteiger partial charge is 0.354 e. The van der Waals surface area contributed by atoms with Gasteiger partial charge in [0.2, 0.25) is 10.0 Å². The normalized spacial score (nSPS) is 13.5. The first-order chi connectivity index (χ1) is 12.8. The minimum absolute atomic E-state index is 0.302. The van der Waals surface area contributed by atoms with Crippen molar-refractivity contribution in [3.63, 3.8) is 0 Å². The topological polar surface area (TPSA) is 85.8 Å². The highest BCUT2D eigenvalue weighted by Gasteiger charge is 2.09. The first-order valence-corrected chi connectivity index (χ1v) is 11.4. The van der Waals surface area contributed by atoms with E-state index in [1.54, 1.807) is 13.1 Å². The third-order valence-electron chi connectivity index (χ3n) is 4.37. The van der Waals surface area contributed by atoms with Crippen molar-refractivity contribution in [2.24, 2.45) is 4.99 Å². The van der Waals surface area contributed by atoms with Crippen molar-refractivity contribution in [3.8, 4) is 0 Å². The van der Waals surface area contributed by atoms with Crippen molar-refractivity contribution in [2.45, 2.75) is 46.2 Å². The molecule has 0 spiro atoms. The van der Waals surface area contributed by atoms with E-state index in [0.29, 0.717) is 24.2 Å². The van der Waals surface area contributed by atoms with Crippen LogP contribution in [0.1, 0.15) is 39.2 Å². The summed E-state index contributed by atoms with van der Waals surface area (Å²) in [7, 11) is -1.58. The summed E-state index contributed by atoms with van der Waals surface area (Å²) in [5.74, 6) is 0.708. The molecule has 0 radical (unpaired) electrons. The molecule has 3 N–H and O–H groups in total. The lowest BCUT2D eigenvalue weighted by atomic mass is 10.1. The molecule has 0 aromatic heterocycles. The zero-order valence-corrected chi connectivity index (χ0v) is 18.1. The fourth-order valence-corrected chi connectivity index (χ4v) is 3.41. The molecular weight excluding hydrogens is 362 g/mol. The Balaban J connectivity index is 2.53. The van der Waals surface area contributed by atoms with E-state index in [9.17, 15) is 8.42 Å². The molecule has 27 heavy (non-hydrogen) atoms. The van der Waals surface area contributed by atoms with E-state index in [1.165, 1.54) is 0 Å². The number of guanidine groups is 1. The Kier molecular flexibility index (Phi) is 10.2. The average molecular weight is 398 g/mol. The number of nitrogens with zero attached hydrogens (tertiary/aromatic N) is 2. The SMILES string of the molecule is CCN(CC)CCCC(C)NC(=NC)NCc1ccccc1NS(C)(=O)=O. The van der Waals surface area contributed by atoms with Gasteiger partial charge in [0.1, 0.15) is 0 Å². The van der Waals surface area contributed by atoms with E-state index < -0.39 is 10.0 Å². The van der Waals surface area contributed by atoms with Gasteiger partial charge < -0.3 is 15.5 Å². The fraction of sp³-hybridized carbons (Fsp3) is 0.632. The second kappa shape index (κ2) is 11.8. The summed E-state index contributed by atoms with van der Waals surface area (Å²) >= 11 is 0. The van der Waals surface area contributed by atoms with Crippen LogP contribution in [0.2, 0.25) is 0 Å².